The first-order valence-corrected chi connectivity index (χ1v) is 8.16. The van der Waals surface area contributed by atoms with Gasteiger partial charge in [-0.05, 0) is 42.0 Å². The maximum absolute atomic E-state index is 4.78. The number of fused-ring (bicyclic) bond motifs is 1. The van der Waals surface area contributed by atoms with Gasteiger partial charge in [-0.3, -0.25) is 4.98 Å². The molecular weight excluding hydrogens is 348 g/mol. The molecule has 0 spiro atoms. The molecule has 4 rings (SSSR count). The summed E-state index contributed by atoms with van der Waals surface area (Å²) < 4.78 is 1.07. The highest BCUT2D eigenvalue weighted by Gasteiger charge is 2.04. The highest BCUT2D eigenvalue weighted by Crippen LogP contribution is 2.27. The molecule has 3 heteroatoms. The highest BCUT2D eigenvalue weighted by atomic mass is 79.9. The van der Waals surface area contributed by atoms with E-state index in [0.29, 0.717) is 0 Å². The zero-order valence-corrected chi connectivity index (χ0v) is 13.9. The largest absolute Gasteiger partial charge is 0.264 e. The fourth-order valence-corrected chi connectivity index (χ4v) is 3.03. The molecule has 110 valence electrons. The molecule has 0 fully saturated rings. The maximum atomic E-state index is 4.78. The van der Waals surface area contributed by atoms with E-state index >= 15 is 0 Å². The van der Waals surface area contributed by atoms with Crippen LogP contribution >= 0.6 is 15.9 Å². The molecule has 0 saturated heterocycles. The fourth-order valence-electron chi connectivity index (χ4n) is 2.65. The third-order valence-corrected chi connectivity index (χ3v) is 4.30. The summed E-state index contributed by atoms with van der Waals surface area (Å²) in [5, 5.41) is 1.13. The van der Waals surface area contributed by atoms with E-state index in [2.05, 4.69) is 69.4 Å². The Hall–Kier alpha value is -2.52. The lowest BCUT2D eigenvalue weighted by molar-refractivity contribution is 1.33. The average Bonchev–Trinajstić information content (AvgIpc) is 2.62. The minimum Gasteiger partial charge on any atom is -0.264 e. The summed E-state index contributed by atoms with van der Waals surface area (Å²) in [6.45, 7) is 0. The SMILES string of the molecule is Brc1ccc2nc(-c3cccc(-c4cccnc4)c3)ccc2c1. The summed E-state index contributed by atoms with van der Waals surface area (Å²) in [4.78, 5) is 8.98. The molecule has 0 saturated carbocycles. The van der Waals surface area contributed by atoms with E-state index in [4.69, 9.17) is 4.98 Å². The molecule has 0 radical (unpaired) electrons. The van der Waals surface area contributed by atoms with Crippen LogP contribution in [0.2, 0.25) is 0 Å². The molecule has 0 amide bonds. The van der Waals surface area contributed by atoms with Crippen LogP contribution in [0.25, 0.3) is 33.3 Å². The first-order chi connectivity index (χ1) is 11.3. The molecule has 0 atom stereocenters. The smallest absolute Gasteiger partial charge is 0.0710 e. The van der Waals surface area contributed by atoms with E-state index in [-0.39, 0.29) is 0 Å². The third kappa shape index (κ3) is 2.88. The molecule has 23 heavy (non-hydrogen) atoms. The molecule has 2 aromatic heterocycles. The Morgan fingerprint density at radius 2 is 1.61 bits per heavy atom. The fraction of sp³-hybridized carbons (Fsp3) is 0. The van der Waals surface area contributed by atoms with Crippen LogP contribution in [0.5, 0.6) is 0 Å². The van der Waals surface area contributed by atoms with Gasteiger partial charge < -0.3 is 0 Å². The van der Waals surface area contributed by atoms with Crippen molar-refractivity contribution in [2.45, 2.75) is 0 Å². The normalized spacial score (nSPS) is 10.8. The van der Waals surface area contributed by atoms with Gasteiger partial charge in [0.25, 0.3) is 0 Å². The summed E-state index contributed by atoms with van der Waals surface area (Å²) in [6, 6.07) is 22.7. The Kier molecular flexibility index (Phi) is 3.64. The van der Waals surface area contributed by atoms with E-state index < -0.39 is 0 Å². The molecular formula is C20H13BrN2. The van der Waals surface area contributed by atoms with Crippen LogP contribution in [0, 0.1) is 0 Å². The van der Waals surface area contributed by atoms with Crippen molar-refractivity contribution in [1.82, 2.24) is 9.97 Å². The number of hydrogen-bond donors (Lipinski definition) is 0. The summed E-state index contributed by atoms with van der Waals surface area (Å²) in [5.41, 5.74) is 5.34. The van der Waals surface area contributed by atoms with E-state index in [1.807, 2.05) is 24.4 Å². The van der Waals surface area contributed by atoms with Crippen LogP contribution < -0.4 is 0 Å². The molecule has 2 heterocycles. The average molecular weight is 361 g/mol. The van der Waals surface area contributed by atoms with Gasteiger partial charge in [0.1, 0.15) is 0 Å². The van der Waals surface area contributed by atoms with Gasteiger partial charge in [-0.2, -0.15) is 0 Å². The zero-order chi connectivity index (χ0) is 15.6. The van der Waals surface area contributed by atoms with Crippen molar-refractivity contribution >= 4 is 26.8 Å². The molecule has 0 aliphatic rings. The van der Waals surface area contributed by atoms with Gasteiger partial charge in [-0.1, -0.05) is 46.3 Å². The molecule has 0 N–H and O–H groups in total. The van der Waals surface area contributed by atoms with Gasteiger partial charge in [0.15, 0.2) is 0 Å². The minimum atomic E-state index is 0.977. The van der Waals surface area contributed by atoms with Crippen LogP contribution in [0.3, 0.4) is 0 Å². The number of halogens is 1. The van der Waals surface area contributed by atoms with Gasteiger partial charge in [0.05, 0.1) is 11.2 Å². The Morgan fingerprint density at radius 3 is 2.48 bits per heavy atom. The summed E-state index contributed by atoms with van der Waals surface area (Å²) in [7, 11) is 0. The van der Waals surface area contributed by atoms with Crippen LogP contribution in [0.4, 0.5) is 0 Å². The van der Waals surface area contributed by atoms with Gasteiger partial charge in [-0.15, -0.1) is 0 Å². The van der Waals surface area contributed by atoms with Gasteiger partial charge in [-0.25, -0.2) is 4.98 Å². The maximum Gasteiger partial charge on any atom is 0.0710 e. The molecule has 0 aliphatic carbocycles. The van der Waals surface area contributed by atoms with E-state index in [1.54, 1.807) is 6.20 Å². The molecule has 4 aromatic rings. The van der Waals surface area contributed by atoms with Crippen molar-refractivity contribution in [3.63, 3.8) is 0 Å². The van der Waals surface area contributed by atoms with Crippen LogP contribution in [0.15, 0.2) is 83.6 Å². The summed E-state index contributed by atoms with van der Waals surface area (Å²) in [5.74, 6) is 0. The Bertz CT molecular complexity index is 981. The number of rotatable bonds is 2. The van der Waals surface area contributed by atoms with Crippen LogP contribution in [-0.4, -0.2) is 9.97 Å². The zero-order valence-electron chi connectivity index (χ0n) is 12.3. The molecule has 2 aromatic carbocycles. The minimum absolute atomic E-state index is 0.977. The number of hydrogen-bond acceptors (Lipinski definition) is 2. The quantitative estimate of drug-likeness (QED) is 0.456. The van der Waals surface area contributed by atoms with Crippen molar-refractivity contribution in [1.29, 1.82) is 0 Å². The second kappa shape index (κ2) is 5.94. The van der Waals surface area contributed by atoms with Crippen molar-refractivity contribution < 1.29 is 0 Å². The number of nitrogens with zero attached hydrogens (tertiary/aromatic N) is 2. The Balaban J connectivity index is 1.80. The summed E-state index contributed by atoms with van der Waals surface area (Å²) >= 11 is 3.50. The van der Waals surface area contributed by atoms with Crippen LogP contribution in [0.1, 0.15) is 0 Å². The number of pyridine rings is 2. The third-order valence-electron chi connectivity index (χ3n) is 3.80. The molecule has 0 bridgehead atoms. The second-order valence-corrected chi connectivity index (χ2v) is 6.27. The lowest BCUT2D eigenvalue weighted by Gasteiger charge is -2.06. The van der Waals surface area contributed by atoms with Gasteiger partial charge in [0, 0.05) is 33.4 Å². The van der Waals surface area contributed by atoms with Crippen LogP contribution in [-0.2, 0) is 0 Å². The predicted molar refractivity (Wildman–Crippen MR) is 98.1 cm³/mol. The van der Waals surface area contributed by atoms with Crippen molar-refractivity contribution in [3.05, 3.63) is 83.6 Å². The van der Waals surface area contributed by atoms with E-state index in [1.165, 1.54) is 0 Å². The molecule has 0 aliphatic heterocycles. The monoisotopic (exact) mass is 360 g/mol. The van der Waals surface area contributed by atoms with E-state index in [0.717, 1.165) is 37.8 Å². The highest BCUT2D eigenvalue weighted by molar-refractivity contribution is 9.10. The summed E-state index contributed by atoms with van der Waals surface area (Å²) in [6.07, 6.45) is 3.67. The Morgan fingerprint density at radius 1 is 0.739 bits per heavy atom. The van der Waals surface area contributed by atoms with Crippen molar-refractivity contribution in [3.8, 4) is 22.4 Å². The van der Waals surface area contributed by atoms with Crippen molar-refractivity contribution in [2.75, 3.05) is 0 Å². The Labute approximate surface area is 143 Å². The number of aromatic nitrogens is 2. The van der Waals surface area contributed by atoms with Gasteiger partial charge in [0.2, 0.25) is 0 Å². The first-order valence-electron chi connectivity index (χ1n) is 7.37. The van der Waals surface area contributed by atoms with Gasteiger partial charge >= 0.3 is 0 Å². The lowest BCUT2D eigenvalue weighted by atomic mass is 10.0. The lowest BCUT2D eigenvalue weighted by Crippen LogP contribution is -1.87. The van der Waals surface area contributed by atoms with E-state index in [9.17, 15) is 0 Å². The molecule has 2 nitrogen and oxygen atoms in total. The predicted octanol–water partition coefficient (Wildman–Crippen LogP) is 5.73. The topological polar surface area (TPSA) is 25.8 Å². The standard InChI is InChI=1S/C20H13BrN2/c21-18-7-9-20-16(12-18)6-8-19(23-20)15-4-1-3-14(11-15)17-5-2-10-22-13-17/h1-13H. The number of benzene rings is 2. The second-order valence-electron chi connectivity index (χ2n) is 5.36. The first kappa shape index (κ1) is 14.1. The van der Waals surface area contributed by atoms with Crippen molar-refractivity contribution in [2.24, 2.45) is 0 Å². The molecule has 0 unspecified atom stereocenters.